The van der Waals surface area contributed by atoms with Gasteiger partial charge in [-0.15, -0.1) is 0 Å². The van der Waals surface area contributed by atoms with E-state index in [0.717, 1.165) is 16.3 Å². The molecule has 0 aliphatic carbocycles. The Morgan fingerprint density at radius 1 is 1.10 bits per heavy atom. The lowest BCUT2D eigenvalue weighted by Gasteiger charge is -2.11. The third-order valence-electron chi connectivity index (χ3n) is 4.56. The smallest absolute Gasteiger partial charge is 0.284 e. The average molecular weight is 451 g/mol. The number of benzene rings is 3. The quantitative estimate of drug-likeness (QED) is 0.341. The van der Waals surface area contributed by atoms with E-state index in [9.17, 15) is 14.9 Å². The Labute approximate surface area is 174 Å². The van der Waals surface area contributed by atoms with Gasteiger partial charge in [-0.25, -0.2) is 4.68 Å². The number of carbonyl (C=O) groups is 1. The fourth-order valence-electron chi connectivity index (χ4n) is 3.14. The van der Waals surface area contributed by atoms with Gasteiger partial charge in [0.05, 0.1) is 22.1 Å². The van der Waals surface area contributed by atoms with Gasteiger partial charge in [0.1, 0.15) is 5.82 Å². The van der Waals surface area contributed by atoms with Crippen LogP contribution in [0.3, 0.4) is 0 Å². The van der Waals surface area contributed by atoms with Gasteiger partial charge in [-0.2, -0.15) is 5.10 Å². The van der Waals surface area contributed by atoms with E-state index in [1.807, 2.05) is 42.5 Å². The molecule has 0 saturated heterocycles. The molecule has 0 unspecified atom stereocenters. The molecule has 0 atom stereocenters. The predicted molar refractivity (Wildman–Crippen MR) is 114 cm³/mol. The van der Waals surface area contributed by atoms with Crippen molar-refractivity contribution in [3.63, 3.8) is 0 Å². The summed E-state index contributed by atoms with van der Waals surface area (Å²) in [5.74, 6) is 0.0637. The number of nitrogens with one attached hydrogen (secondary N) is 1. The molecule has 144 valence electrons. The minimum atomic E-state index is -0.536. The first-order valence-electron chi connectivity index (χ1n) is 8.76. The second-order valence-corrected chi connectivity index (χ2v) is 7.24. The number of halogens is 1. The van der Waals surface area contributed by atoms with E-state index < -0.39 is 10.8 Å². The minimum absolute atomic E-state index is 0.165. The zero-order chi connectivity index (χ0) is 20.4. The van der Waals surface area contributed by atoms with Crippen LogP contribution in [0.4, 0.5) is 11.5 Å². The Morgan fingerprint density at radius 3 is 2.72 bits per heavy atom. The van der Waals surface area contributed by atoms with Crippen LogP contribution < -0.4 is 5.32 Å². The lowest BCUT2D eigenvalue weighted by Crippen LogP contribution is -2.16. The molecular formula is C21H15BrN4O3. The summed E-state index contributed by atoms with van der Waals surface area (Å²) >= 11 is 3.12. The topological polar surface area (TPSA) is 90.1 Å². The molecule has 0 bridgehead atoms. The zero-order valence-corrected chi connectivity index (χ0v) is 16.7. The van der Waals surface area contributed by atoms with Crippen LogP contribution in [0.25, 0.3) is 10.8 Å². The van der Waals surface area contributed by atoms with Crippen molar-refractivity contribution >= 4 is 44.1 Å². The molecule has 3 aromatic carbocycles. The van der Waals surface area contributed by atoms with Gasteiger partial charge in [-0.1, -0.05) is 42.5 Å². The van der Waals surface area contributed by atoms with E-state index in [1.54, 1.807) is 16.9 Å². The first-order valence-corrected chi connectivity index (χ1v) is 9.56. The highest BCUT2D eigenvalue weighted by Crippen LogP contribution is 2.26. The second-order valence-electron chi connectivity index (χ2n) is 6.39. The van der Waals surface area contributed by atoms with Crippen LogP contribution >= 0.6 is 15.9 Å². The Balaban J connectivity index is 1.59. The minimum Gasteiger partial charge on any atom is -0.307 e. The highest BCUT2D eigenvalue weighted by molar-refractivity contribution is 9.10. The van der Waals surface area contributed by atoms with Crippen molar-refractivity contribution in [3.05, 3.63) is 98.6 Å². The van der Waals surface area contributed by atoms with Crippen molar-refractivity contribution < 1.29 is 9.72 Å². The van der Waals surface area contributed by atoms with Gasteiger partial charge in [0.25, 0.3) is 11.6 Å². The summed E-state index contributed by atoms with van der Waals surface area (Å²) in [6.45, 7) is 0.477. The number of hydrogen-bond acceptors (Lipinski definition) is 4. The summed E-state index contributed by atoms with van der Waals surface area (Å²) in [4.78, 5) is 23.2. The standard InChI is InChI=1S/C21H15BrN4O3/c22-18-9-8-15(12-19(18)26(28)29)21(27)24-20-10-11-23-25(20)13-16-6-3-5-14-4-1-2-7-17(14)16/h1-12H,13H2,(H,24,27). The van der Waals surface area contributed by atoms with Gasteiger partial charge in [-0.05, 0) is 44.4 Å². The van der Waals surface area contributed by atoms with Crippen LogP contribution in [0.2, 0.25) is 0 Å². The van der Waals surface area contributed by atoms with Gasteiger partial charge in [0.15, 0.2) is 0 Å². The lowest BCUT2D eigenvalue weighted by atomic mass is 10.0. The Kier molecular flexibility index (Phi) is 5.09. The first kappa shape index (κ1) is 18.8. The third kappa shape index (κ3) is 3.88. The molecule has 4 aromatic rings. The lowest BCUT2D eigenvalue weighted by molar-refractivity contribution is -0.385. The molecule has 0 aliphatic rings. The molecule has 1 amide bonds. The number of nitrogens with zero attached hydrogens (tertiary/aromatic N) is 3. The van der Waals surface area contributed by atoms with Gasteiger partial charge < -0.3 is 5.32 Å². The summed E-state index contributed by atoms with van der Waals surface area (Å²) < 4.78 is 2.01. The predicted octanol–water partition coefficient (Wildman–Crippen LogP) is 5.01. The van der Waals surface area contributed by atoms with Crippen LogP contribution in [0.15, 0.2) is 77.4 Å². The Morgan fingerprint density at radius 2 is 1.90 bits per heavy atom. The normalized spacial score (nSPS) is 10.8. The maximum Gasteiger partial charge on any atom is 0.284 e. The summed E-state index contributed by atoms with van der Waals surface area (Å²) in [6.07, 6.45) is 1.60. The largest absolute Gasteiger partial charge is 0.307 e. The van der Waals surface area contributed by atoms with Gasteiger partial charge >= 0.3 is 0 Å². The monoisotopic (exact) mass is 450 g/mol. The summed E-state index contributed by atoms with van der Waals surface area (Å²) in [6, 6.07) is 20.1. The molecule has 1 heterocycles. The van der Waals surface area contributed by atoms with E-state index in [4.69, 9.17) is 0 Å². The Bertz CT molecular complexity index is 1230. The molecule has 0 radical (unpaired) electrons. The molecule has 0 aliphatic heterocycles. The maximum atomic E-state index is 12.6. The number of nitro groups is 1. The molecule has 1 N–H and O–H groups in total. The fraction of sp³-hybridized carbons (Fsp3) is 0.0476. The summed E-state index contributed by atoms with van der Waals surface area (Å²) in [7, 11) is 0. The van der Waals surface area contributed by atoms with E-state index in [0.29, 0.717) is 16.8 Å². The number of aromatic nitrogens is 2. The molecular weight excluding hydrogens is 436 g/mol. The summed E-state index contributed by atoms with van der Waals surface area (Å²) in [5.41, 5.74) is 1.10. The molecule has 0 fully saturated rings. The maximum absolute atomic E-state index is 12.6. The summed E-state index contributed by atoms with van der Waals surface area (Å²) in [5, 5.41) is 20.4. The number of hydrogen-bond donors (Lipinski definition) is 1. The van der Waals surface area contributed by atoms with Crippen LogP contribution in [-0.4, -0.2) is 20.6 Å². The highest BCUT2D eigenvalue weighted by atomic mass is 79.9. The van der Waals surface area contributed by atoms with Crippen molar-refractivity contribution in [1.82, 2.24) is 9.78 Å². The van der Waals surface area contributed by atoms with Crippen molar-refractivity contribution in [1.29, 1.82) is 0 Å². The van der Waals surface area contributed by atoms with Gasteiger partial charge in [0.2, 0.25) is 0 Å². The van der Waals surface area contributed by atoms with Gasteiger partial charge in [0, 0.05) is 17.7 Å². The molecule has 0 saturated carbocycles. The van der Waals surface area contributed by atoms with Crippen molar-refractivity contribution in [2.75, 3.05) is 5.32 Å². The number of anilines is 1. The number of carbonyl (C=O) groups excluding carboxylic acids is 1. The highest BCUT2D eigenvalue weighted by Gasteiger charge is 2.17. The molecule has 7 nitrogen and oxygen atoms in total. The number of amides is 1. The molecule has 0 spiro atoms. The third-order valence-corrected chi connectivity index (χ3v) is 5.23. The van der Waals surface area contributed by atoms with Crippen molar-refractivity contribution in [2.45, 2.75) is 6.54 Å². The zero-order valence-electron chi connectivity index (χ0n) is 15.1. The molecule has 29 heavy (non-hydrogen) atoms. The van der Waals surface area contributed by atoms with Crippen LogP contribution in [-0.2, 0) is 6.54 Å². The van der Waals surface area contributed by atoms with Crippen LogP contribution in [0.5, 0.6) is 0 Å². The van der Waals surface area contributed by atoms with E-state index in [1.165, 1.54) is 18.2 Å². The average Bonchev–Trinajstić information content (AvgIpc) is 3.15. The molecule has 1 aromatic heterocycles. The van der Waals surface area contributed by atoms with Crippen molar-refractivity contribution in [2.24, 2.45) is 0 Å². The molecule has 4 rings (SSSR count). The first-order chi connectivity index (χ1) is 14.0. The van der Waals surface area contributed by atoms with Gasteiger partial charge in [-0.3, -0.25) is 14.9 Å². The number of fused-ring (bicyclic) bond motifs is 1. The van der Waals surface area contributed by atoms with Crippen LogP contribution in [0, 0.1) is 10.1 Å². The number of nitro benzene ring substituents is 1. The van der Waals surface area contributed by atoms with E-state index in [2.05, 4.69) is 26.3 Å². The number of rotatable bonds is 5. The fourth-order valence-corrected chi connectivity index (χ4v) is 3.53. The van der Waals surface area contributed by atoms with Crippen molar-refractivity contribution in [3.8, 4) is 0 Å². The van der Waals surface area contributed by atoms with E-state index in [-0.39, 0.29) is 11.3 Å². The SMILES string of the molecule is O=C(Nc1ccnn1Cc1cccc2ccccc12)c1ccc(Br)c([N+](=O)[O-])c1. The molecule has 8 heteroatoms. The van der Waals surface area contributed by atoms with E-state index >= 15 is 0 Å². The second kappa shape index (κ2) is 7.84. The Hall–Kier alpha value is -3.52. The van der Waals surface area contributed by atoms with Crippen LogP contribution in [0.1, 0.15) is 15.9 Å².